The summed E-state index contributed by atoms with van der Waals surface area (Å²) in [5.41, 5.74) is 8.41. The Morgan fingerprint density at radius 2 is 1.65 bits per heavy atom. The van der Waals surface area contributed by atoms with Gasteiger partial charge in [0.25, 0.3) is 0 Å². The van der Waals surface area contributed by atoms with Crippen LogP contribution in [0.25, 0.3) is 17.2 Å². The van der Waals surface area contributed by atoms with Crippen LogP contribution in [0.5, 0.6) is 0 Å². The quantitative estimate of drug-likeness (QED) is 0.657. The third kappa shape index (κ3) is 1.80. The lowest BCUT2D eigenvalue weighted by atomic mass is 9.96. The van der Waals surface area contributed by atoms with Crippen molar-refractivity contribution in [1.29, 1.82) is 0 Å². The van der Waals surface area contributed by atoms with Gasteiger partial charge in [-0.1, -0.05) is 54.1 Å². The molecule has 0 nitrogen and oxygen atoms in total. The van der Waals surface area contributed by atoms with Crippen molar-refractivity contribution in [3.63, 3.8) is 0 Å². The molecule has 0 N–H and O–H groups in total. The second-order valence-corrected chi connectivity index (χ2v) is 4.90. The van der Waals surface area contributed by atoms with Gasteiger partial charge < -0.3 is 0 Å². The van der Waals surface area contributed by atoms with Gasteiger partial charge in [0.2, 0.25) is 0 Å². The Balaban J connectivity index is 2.13. The van der Waals surface area contributed by atoms with Gasteiger partial charge >= 0.3 is 0 Å². The smallest absolute Gasteiger partial charge is 0.00603 e. The van der Waals surface area contributed by atoms with Crippen LogP contribution in [0.2, 0.25) is 0 Å². The van der Waals surface area contributed by atoms with E-state index in [2.05, 4.69) is 62.4 Å². The summed E-state index contributed by atoms with van der Waals surface area (Å²) in [4.78, 5) is 0. The number of hydrogen-bond donors (Lipinski definition) is 0. The lowest BCUT2D eigenvalue weighted by molar-refractivity contribution is 1.19. The van der Waals surface area contributed by atoms with Crippen LogP contribution in [0.15, 0.2) is 48.0 Å². The molecule has 3 rings (SSSR count). The van der Waals surface area contributed by atoms with Crippen molar-refractivity contribution in [2.45, 2.75) is 20.3 Å². The fourth-order valence-corrected chi connectivity index (χ4v) is 2.62. The summed E-state index contributed by atoms with van der Waals surface area (Å²) in [6.07, 6.45) is 3.43. The zero-order chi connectivity index (χ0) is 11.8. The van der Waals surface area contributed by atoms with Gasteiger partial charge in [-0.3, -0.25) is 0 Å². The first-order valence-corrected chi connectivity index (χ1v) is 6.10. The molecule has 17 heavy (non-hydrogen) atoms. The average Bonchev–Trinajstić information content (AvgIpc) is 2.71. The predicted octanol–water partition coefficient (Wildman–Crippen LogP) is 4.62. The fraction of sp³-hybridized carbons (Fsp3) is 0.176. The maximum absolute atomic E-state index is 2.34. The van der Waals surface area contributed by atoms with E-state index in [0.717, 1.165) is 6.42 Å². The highest BCUT2D eigenvalue weighted by molar-refractivity contribution is 5.73. The average molecular weight is 220 g/mol. The Labute approximate surface area is 103 Å². The zero-order valence-corrected chi connectivity index (χ0v) is 10.3. The molecule has 0 atom stereocenters. The first-order valence-electron chi connectivity index (χ1n) is 6.10. The van der Waals surface area contributed by atoms with E-state index < -0.39 is 0 Å². The van der Waals surface area contributed by atoms with Crippen LogP contribution in [0.3, 0.4) is 0 Å². The number of allylic oxidation sites excluding steroid dienone is 1. The number of benzene rings is 2. The molecule has 1 aliphatic rings. The standard InChI is InChI=1S/C17H16/c1-12-8-16-11-15(10-13(2)17(16)9-12)14-6-4-3-5-7-14/h3-7,9-11H,8H2,1-2H3. The third-order valence-electron chi connectivity index (χ3n) is 3.44. The third-order valence-corrected chi connectivity index (χ3v) is 3.44. The van der Waals surface area contributed by atoms with Gasteiger partial charge in [0, 0.05) is 0 Å². The van der Waals surface area contributed by atoms with E-state index in [1.807, 2.05) is 0 Å². The van der Waals surface area contributed by atoms with Gasteiger partial charge in [0.15, 0.2) is 0 Å². The lowest BCUT2D eigenvalue weighted by Gasteiger charge is -2.08. The molecule has 0 unspecified atom stereocenters. The Morgan fingerprint density at radius 3 is 2.41 bits per heavy atom. The highest BCUT2D eigenvalue weighted by Gasteiger charge is 2.13. The molecule has 0 saturated heterocycles. The molecule has 1 aliphatic carbocycles. The molecule has 0 spiro atoms. The molecule has 0 heterocycles. The summed E-state index contributed by atoms with van der Waals surface area (Å²) in [7, 11) is 0. The second-order valence-electron chi connectivity index (χ2n) is 4.90. The Morgan fingerprint density at radius 1 is 0.882 bits per heavy atom. The summed E-state index contributed by atoms with van der Waals surface area (Å²) >= 11 is 0. The highest BCUT2D eigenvalue weighted by Crippen LogP contribution is 2.32. The molecule has 2 aromatic carbocycles. The molecule has 0 aromatic heterocycles. The van der Waals surface area contributed by atoms with E-state index in [4.69, 9.17) is 0 Å². The van der Waals surface area contributed by atoms with E-state index in [1.165, 1.54) is 33.4 Å². The van der Waals surface area contributed by atoms with E-state index in [-0.39, 0.29) is 0 Å². The fourth-order valence-electron chi connectivity index (χ4n) is 2.62. The van der Waals surface area contributed by atoms with Crippen molar-refractivity contribution in [3.05, 3.63) is 64.7 Å². The van der Waals surface area contributed by atoms with Crippen LogP contribution < -0.4 is 0 Å². The first-order chi connectivity index (χ1) is 8.24. The van der Waals surface area contributed by atoms with Crippen molar-refractivity contribution in [2.75, 3.05) is 0 Å². The number of fused-ring (bicyclic) bond motifs is 1. The van der Waals surface area contributed by atoms with E-state index in [0.29, 0.717) is 0 Å². The maximum Gasteiger partial charge on any atom is -0.00603 e. The van der Waals surface area contributed by atoms with Crippen molar-refractivity contribution in [3.8, 4) is 11.1 Å². The minimum absolute atomic E-state index is 1.11. The molecule has 0 bridgehead atoms. The van der Waals surface area contributed by atoms with Gasteiger partial charge in [-0.2, -0.15) is 0 Å². The zero-order valence-electron chi connectivity index (χ0n) is 10.3. The molecule has 2 aromatic rings. The topological polar surface area (TPSA) is 0 Å². The van der Waals surface area contributed by atoms with Gasteiger partial charge in [0.05, 0.1) is 0 Å². The van der Waals surface area contributed by atoms with Gasteiger partial charge in [-0.05, 0) is 48.1 Å². The summed E-state index contributed by atoms with van der Waals surface area (Å²) in [6, 6.07) is 15.2. The molecule has 0 amide bonds. The van der Waals surface area contributed by atoms with Gasteiger partial charge in [-0.15, -0.1) is 0 Å². The molecule has 0 radical (unpaired) electrons. The van der Waals surface area contributed by atoms with E-state index in [1.54, 1.807) is 0 Å². The molecule has 0 fully saturated rings. The van der Waals surface area contributed by atoms with Crippen molar-refractivity contribution < 1.29 is 0 Å². The van der Waals surface area contributed by atoms with Crippen LogP contribution in [0.1, 0.15) is 23.6 Å². The SMILES string of the molecule is CC1=Cc2c(C)cc(-c3ccccc3)cc2C1. The van der Waals surface area contributed by atoms with E-state index in [9.17, 15) is 0 Å². The monoisotopic (exact) mass is 220 g/mol. The minimum Gasteiger partial charge on any atom is -0.0683 e. The normalized spacial score (nSPS) is 13.4. The van der Waals surface area contributed by atoms with Crippen molar-refractivity contribution in [2.24, 2.45) is 0 Å². The molecule has 84 valence electrons. The number of rotatable bonds is 1. The first kappa shape index (κ1) is 10.3. The van der Waals surface area contributed by atoms with Crippen LogP contribution in [-0.4, -0.2) is 0 Å². The van der Waals surface area contributed by atoms with E-state index >= 15 is 0 Å². The van der Waals surface area contributed by atoms with Crippen LogP contribution in [-0.2, 0) is 6.42 Å². The Kier molecular flexibility index (Phi) is 2.36. The van der Waals surface area contributed by atoms with Crippen LogP contribution >= 0.6 is 0 Å². The predicted molar refractivity (Wildman–Crippen MR) is 74.0 cm³/mol. The lowest BCUT2D eigenvalue weighted by Crippen LogP contribution is -1.89. The summed E-state index contributed by atoms with van der Waals surface area (Å²) in [5.74, 6) is 0. The largest absolute Gasteiger partial charge is 0.0683 e. The minimum atomic E-state index is 1.11. The molecule has 0 heteroatoms. The molecular formula is C17H16. The van der Waals surface area contributed by atoms with Crippen LogP contribution in [0, 0.1) is 6.92 Å². The van der Waals surface area contributed by atoms with Crippen molar-refractivity contribution in [1.82, 2.24) is 0 Å². The number of hydrogen-bond acceptors (Lipinski definition) is 0. The van der Waals surface area contributed by atoms with Crippen molar-refractivity contribution >= 4 is 6.08 Å². The molecule has 0 aliphatic heterocycles. The number of aryl methyl sites for hydroxylation is 1. The van der Waals surface area contributed by atoms with Gasteiger partial charge in [-0.25, -0.2) is 0 Å². The Hall–Kier alpha value is -1.82. The van der Waals surface area contributed by atoms with Crippen LogP contribution in [0.4, 0.5) is 0 Å². The summed E-state index contributed by atoms with van der Waals surface area (Å²) in [5, 5.41) is 0. The molecule has 0 saturated carbocycles. The summed E-state index contributed by atoms with van der Waals surface area (Å²) < 4.78 is 0. The highest BCUT2D eigenvalue weighted by atomic mass is 14.2. The van der Waals surface area contributed by atoms with Gasteiger partial charge in [0.1, 0.15) is 0 Å². The second kappa shape index (κ2) is 3.89. The maximum atomic E-state index is 2.34. The molecular weight excluding hydrogens is 204 g/mol. The summed E-state index contributed by atoms with van der Waals surface area (Å²) in [6.45, 7) is 4.42. The Bertz CT molecular complexity index is 589.